The lowest BCUT2D eigenvalue weighted by atomic mass is 10.4. The number of rotatable bonds is 5. The third kappa shape index (κ3) is 4.61. The molecule has 0 amide bonds. The summed E-state index contributed by atoms with van der Waals surface area (Å²) in [5.41, 5.74) is 0. The van der Waals surface area contributed by atoms with Crippen molar-refractivity contribution >= 4 is 8.56 Å². The maximum Gasteiger partial charge on any atom is 0.332 e. The minimum Gasteiger partial charge on any atom is -0.395 e. The van der Waals surface area contributed by atoms with E-state index in [1.807, 2.05) is 6.92 Å². The van der Waals surface area contributed by atoms with Crippen molar-refractivity contribution in [1.82, 2.24) is 4.90 Å². The van der Waals surface area contributed by atoms with E-state index in [1.54, 1.807) is 0 Å². The fourth-order valence-corrected chi connectivity index (χ4v) is 3.54. The van der Waals surface area contributed by atoms with Crippen molar-refractivity contribution in [3.8, 4) is 0 Å². The van der Waals surface area contributed by atoms with Crippen LogP contribution in [-0.4, -0.2) is 52.6 Å². The molecule has 0 aromatic carbocycles. The molecule has 0 aromatic rings. The predicted molar refractivity (Wildman–Crippen MR) is 62.0 cm³/mol. The molecule has 15 heavy (non-hydrogen) atoms. The summed E-state index contributed by atoms with van der Waals surface area (Å²) in [5.74, 6) is 0. The molecule has 0 radical (unpaired) electrons. The van der Waals surface area contributed by atoms with Gasteiger partial charge in [0.05, 0.1) is 19.4 Å². The first-order valence-corrected chi connectivity index (χ1v) is 8.50. The Bertz CT molecular complexity index is 184. The largest absolute Gasteiger partial charge is 0.395 e. The summed E-state index contributed by atoms with van der Waals surface area (Å²) in [6.07, 6.45) is 0.141. The highest BCUT2D eigenvalue weighted by atomic mass is 28.4. The summed E-state index contributed by atoms with van der Waals surface area (Å²) < 4.78 is 17.0. The highest BCUT2D eigenvalue weighted by Gasteiger charge is 2.29. The summed E-state index contributed by atoms with van der Waals surface area (Å²) in [5, 5.41) is 0. The third-order valence-electron chi connectivity index (χ3n) is 2.51. The van der Waals surface area contributed by atoms with Crippen molar-refractivity contribution in [2.45, 2.75) is 33.2 Å². The number of nitrogens with zero attached hydrogens (tertiary/aromatic N) is 1. The minimum atomic E-state index is -1.93. The Hall–Kier alpha value is 0.0569. The lowest BCUT2D eigenvalue weighted by Crippen LogP contribution is -2.49. The van der Waals surface area contributed by atoms with Crippen LogP contribution in [0.15, 0.2) is 0 Å². The van der Waals surface area contributed by atoms with E-state index < -0.39 is 8.56 Å². The van der Waals surface area contributed by atoms with Crippen LogP contribution >= 0.6 is 0 Å². The molecule has 1 atom stereocenters. The lowest BCUT2D eigenvalue weighted by molar-refractivity contribution is -0.0507. The molecule has 0 aromatic heterocycles. The maximum absolute atomic E-state index is 6.00. The van der Waals surface area contributed by atoms with E-state index in [0.717, 1.165) is 32.9 Å². The molecule has 4 nitrogen and oxygen atoms in total. The van der Waals surface area contributed by atoms with E-state index in [1.165, 1.54) is 0 Å². The van der Waals surface area contributed by atoms with E-state index in [4.69, 9.17) is 13.6 Å². The molecule has 0 saturated carbocycles. The van der Waals surface area contributed by atoms with Crippen LogP contribution in [0.1, 0.15) is 13.8 Å². The molecule has 1 unspecified atom stereocenters. The van der Waals surface area contributed by atoms with Crippen LogP contribution in [0.2, 0.25) is 13.1 Å². The van der Waals surface area contributed by atoms with Gasteiger partial charge in [-0.15, -0.1) is 0 Å². The molecule has 1 aliphatic rings. The Labute approximate surface area is 93.7 Å². The van der Waals surface area contributed by atoms with Gasteiger partial charge < -0.3 is 13.6 Å². The molecular formula is C10H23NO3Si. The van der Waals surface area contributed by atoms with Gasteiger partial charge in [0.25, 0.3) is 0 Å². The second-order valence-electron chi connectivity index (χ2n) is 4.20. The third-order valence-corrected chi connectivity index (χ3v) is 4.40. The monoisotopic (exact) mass is 233 g/mol. The number of morpholine rings is 1. The quantitative estimate of drug-likeness (QED) is 0.672. The first kappa shape index (κ1) is 13.1. The molecule has 1 rings (SSSR count). The molecule has 1 fully saturated rings. The van der Waals surface area contributed by atoms with Gasteiger partial charge in [-0.25, -0.2) is 0 Å². The molecule has 90 valence electrons. The zero-order valence-electron chi connectivity index (χ0n) is 10.3. The minimum absolute atomic E-state index is 0.141. The zero-order chi connectivity index (χ0) is 11.3. The second kappa shape index (κ2) is 5.96. The van der Waals surface area contributed by atoms with Crippen LogP contribution in [0.5, 0.6) is 0 Å². The summed E-state index contributed by atoms with van der Waals surface area (Å²) in [6.45, 7) is 12.6. The summed E-state index contributed by atoms with van der Waals surface area (Å²) >= 11 is 0. The molecular weight excluding hydrogens is 210 g/mol. The van der Waals surface area contributed by atoms with Crippen LogP contribution in [0, 0.1) is 0 Å². The van der Waals surface area contributed by atoms with Crippen LogP contribution in [0.4, 0.5) is 0 Å². The van der Waals surface area contributed by atoms with Gasteiger partial charge in [0.15, 0.2) is 0 Å². The van der Waals surface area contributed by atoms with Gasteiger partial charge in [-0.05, 0) is 26.9 Å². The molecule has 0 N–H and O–H groups in total. The van der Waals surface area contributed by atoms with Crippen molar-refractivity contribution in [1.29, 1.82) is 0 Å². The van der Waals surface area contributed by atoms with Crippen molar-refractivity contribution < 1.29 is 13.6 Å². The Morgan fingerprint density at radius 1 is 1.33 bits per heavy atom. The van der Waals surface area contributed by atoms with Crippen LogP contribution in [0.25, 0.3) is 0 Å². The maximum atomic E-state index is 6.00. The molecule has 5 heteroatoms. The average Bonchev–Trinajstić information content (AvgIpc) is 2.18. The molecule has 0 bridgehead atoms. The molecule has 1 saturated heterocycles. The Kier molecular flexibility index (Phi) is 5.21. The molecule has 0 spiro atoms. The second-order valence-corrected chi connectivity index (χ2v) is 7.52. The molecule has 1 heterocycles. The van der Waals surface area contributed by atoms with Gasteiger partial charge in [0.1, 0.15) is 0 Å². The van der Waals surface area contributed by atoms with E-state index in [0.29, 0.717) is 0 Å². The standard InChI is InChI=1S/C10H23NO3Si/c1-5-13-15(3,4)14-10(2)11-6-8-12-9-7-11/h10H,5-9H2,1-4H3. The molecule has 0 aliphatic carbocycles. The summed E-state index contributed by atoms with van der Waals surface area (Å²) in [4.78, 5) is 2.30. The first-order chi connectivity index (χ1) is 7.05. The highest BCUT2D eigenvalue weighted by Crippen LogP contribution is 2.13. The van der Waals surface area contributed by atoms with E-state index in [-0.39, 0.29) is 6.23 Å². The van der Waals surface area contributed by atoms with E-state index >= 15 is 0 Å². The first-order valence-electron chi connectivity index (χ1n) is 5.69. The van der Waals surface area contributed by atoms with Crippen molar-refractivity contribution in [3.05, 3.63) is 0 Å². The van der Waals surface area contributed by atoms with Crippen molar-refractivity contribution in [3.63, 3.8) is 0 Å². The van der Waals surface area contributed by atoms with Crippen LogP contribution < -0.4 is 0 Å². The van der Waals surface area contributed by atoms with E-state index in [9.17, 15) is 0 Å². The Balaban J connectivity index is 2.35. The zero-order valence-corrected chi connectivity index (χ0v) is 11.3. The van der Waals surface area contributed by atoms with Gasteiger partial charge >= 0.3 is 8.56 Å². The Morgan fingerprint density at radius 2 is 1.93 bits per heavy atom. The topological polar surface area (TPSA) is 30.9 Å². The predicted octanol–water partition coefficient (Wildman–Crippen LogP) is 1.42. The van der Waals surface area contributed by atoms with Gasteiger partial charge in [-0.2, -0.15) is 0 Å². The van der Waals surface area contributed by atoms with Crippen molar-refractivity contribution in [2.24, 2.45) is 0 Å². The normalized spacial score (nSPS) is 21.6. The van der Waals surface area contributed by atoms with Gasteiger partial charge in [-0.1, -0.05) is 0 Å². The Morgan fingerprint density at radius 3 is 2.47 bits per heavy atom. The van der Waals surface area contributed by atoms with E-state index in [2.05, 4.69) is 24.9 Å². The number of hydrogen-bond donors (Lipinski definition) is 0. The fraction of sp³-hybridized carbons (Fsp3) is 1.00. The van der Waals surface area contributed by atoms with Crippen LogP contribution in [-0.2, 0) is 13.6 Å². The van der Waals surface area contributed by atoms with Gasteiger partial charge in [0.2, 0.25) is 0 Å². The summed E-state index contributed by atoms with van der Waals surface area (Å²) in [6, 6.07) is 0. The number of hydrogen-bond acceptors (Lipinski definition) is 4. The van der Waals surface area contributed by atoms with Gasteiger partial charge in [0, 0.05) is 19.7 Å². The average molecular weight is 233 g/mol. The summed E-state index contributed by atoms with van der Waals surface area (Å²) in [7, 11) is -1.93. The lowest BCUT2D eigenvalue weighted by Gasteiger charge is -2.36. The highest BCUT2D eigenvalue weighted by molar-refractivity contribution is 6.64. The molecule has 1 aliphatic heterocycles. The van der Waals surface area contributed by atoms with Gasteiger partial charge in [-0.3, -0.25) is 4.90 Å². The smallest absolute Gasteiger partial charge is 0.332 e. The van der Waals surface area contributed by atoms with Crippen molar-refractivity contribution in [2.75, 3.05) is 32.9 Å². The number of ether oxygens (including phenoxy) is 1. The fourth-order valence-electron chi connectivity index (χ4n) is 1.81. The SMILES string of the molecule is CCO[Si](C)(C)OC(C)N1CCOCC1. The van der Waals surface area contributed by atoms with Crippen LogP contribution in [0.3, 0.4) is 0 Å².